The lowest BCUT2D eigenvalue weighted by atomic mass is 10.1. The lowest BCUT2D eigenvalue weighted by molar-refractivity contribution is -0.113. The minimum atomic E-state index is -0.128. The molecule has 1 aliphatic heterocycles. The first-order valence-electron chi connectivity index (χ1n) is 10.7. The molecule has 0 unspecified atom stereocenters. The maximum Gasteiger partial charge on any atom is 0.270 e. The molecule has 1 amide bonds. The van der Waals surface area contributed by atoms with Crippen LogP contribution >= 0.6 is 24.0 Å². The fourth-order valence-corrected chi connectivity index (χ4v) is 5.10. The van der Waals surface area contributed by atoms with Gasteiger partial charge in [-0.2, -0.15) is 0 Å². The van der Waals surface area contributed by atoms with Crippen LogP contribution in [0.5, 0.6) is 11.5 Å². The summed E-state index contributed by atoms with van der Waals surface area (Å²) >= 11 is 6.75. The summed E-state index contributed by atoms with van der Waals surface area (Å²) in [5.41, 5.74) is 2.68. The summed E-state index contributed by atoms with van der Waals surface area (Å²) in [6, 6.07) is 29.6. The monoisotopic (exact) mass is 483 g/mol. The molecule has 4 aromatic carbocycles. The maximum absolute atomic E-state index is 13.0. The molecule has 0 bridgehead atoms. The van der Waals surface area contributed by atoms with Crippen LogP contribution < -0.4 is 14.4 Å². The van der Waals surface area contributed by atoms with Crippen molar-refractivity contribution in [1.29, 1.82) is 0 Å². The summed E-state index contributed by atoms with van der Waals surface area (Å²) in [7, 11) is 1.61. The van der Waals surface area contributed by atoms with Crippen molar-refractivity contribution in [2.75, 3.05) is 12.0 Å². The first kappa shape index (κ1) is 22.2. The van der Waals surface area contributed by atoms with E-state index in [1.165, 1.54) is 22.5 Å². The molecule has 0 spiro atoms. The van der Waals surface area contributed by atoms with Crippen molar-refractivity contribution in [2.24, 2.45) is 0 Å². The van der Waals surface area contributed by atoms with Crippen molar-refractivity contribution in [3.8, 4) is 11.5 Å². The van der Waals surface area contributed by atoms with Crippen molar-refractivity contribution >= 4 is 56.7 Å². The van der Waals surface area contributed by atoms with Crippen LogP contribution in [0.25, 0.3) is 16.8 Å². The average Bonchev–Trinajstić information content (AvgIpc) is 3.15. The highest BCUT2D eigenvalue weighted by molar-refractivity contribution is 8.27. The van der Waals surface area contributed by atoms with Crippen LogP contribution in [-0.2, 0) is 11.4 Å². The van der Waals surface area contributed by atoms with Gasteiger partial charge in [0.25, 0.3) is 5.91 Å². The number of rotatable bonds is 6. The Morgan fingerprint density at radius 2 is 1.65 bits per heavy atom. The Morgan fingerprint density at radius 1 is 0.882 bits per heavy atom. The molecule has 0 N–H and O–H groups in total. The molecule has 1 heterocycles. The number of benzene rings is 4. The molecule has 4 nitrogen and oxygen atoms in total. The number of hydrogen-bond donors (Lipinski definition) is 0. The fraction of sp³-hybridized carbons (Fsp3) is 0.0714. The van der Waals surface area contributed by atoms with Gasteiger partial charge in [-0.1, -0.05) is 84.6 Å². The number of carbonyl (C=O) groups excluding carboxylic acids is 1. The van der Waals surface area contributed by atoms with Crippen LogP contribution in [0.1, 0.15) is 11.1 Å². The molecule has 4 aromatic rings. The number of nitrogens with zero attached hydrogens (tertiary/aromatic N) is 1. The number of carbonyl (C=O) groups is 1. The second-order valence-corrected chi connectivity index (χ2v) is 9.41. The van der Waals surface area contributed by atoms with Crippen molar-refractivity contribution in [1.82, 2.24) is 0 Å². The molecule has 168 valence electrons. The molecular weight excluding hydrogens is 462 g/mol. The van der Waals surface area contributed by atoms with Gasteiger partial charge in [-0.15, -0.1) is 0 Å². The molecule has 0 atom stereocenters. The molecule has 0 aromatic heterocycles. The highest BCUT2D eigenvalue weighted by Crippen LogP contribution is 2.37. The molecule has 5 rings (SSSR count). The van der Waals surface area contributed by atoms with E-state index in [4.69, 9.17) is 21.7 Å². The summed E-state index contributed by atoms with van der Waals surface area (Å²) in [5.74, 6) is 1.12. The van der Waals surface area contributed by atoms with E-state index in [-0.39, 0.29) is 5.91 Å². The zero-order valence-corrected chi connectivity index (χ0v) is 20.1. The van der Waals surface area contributed by atoms with Gasteiger partial charge < -0.3 is 9.47 Å². The van der Waals surface area contributed by atoms with E-state index in [9.17, 15) is 4.79 Å². The first-order valence-corrected chi connectivity index (χ1v) is 12.0. The van der Waals surface area contributed by atoms with Crippen LogP contribution in [0.15, 0.2) is 95.9 Å². The molecule has 1 saturated heterocycles. The molecular formula is C28H21NO3S2. The van der Waals surface area contributed by atoms with Gasteiger partial charge in [0.05, 0.1) is 17.7 Å². The fourth-order valence-electron chi connectivity index (χ4n) is 3.80. The molecule has 1 fully saturated rings. The molecule has 1 aliphatic rings. The van der Waals surface area contributed by atoms with Crippen LogP contribution in [0.4, 0.5) is 5.69 Å². The summed E-state index contributed by atoms with van der Waals surface area (Å²) in [6.45, 7) is 0.427. The van der Waals surface area contributed by atoms with E-state index >= 15 is 0 Å². The smallest absolute Gasteiger partial charge is 0.270 e. The van der Waals surface area contributed by atoms with E-state index in [0.717, 1.165) is 16.8 Å². The number of methoxy groups -OCH3 is 1. The zero-order valence-electron chi connectivity index (χ0n) is 18.4. The second-order valence-electron chi connectivity index (χ2n) is 7.73. The van der Waals surface area contributed by atoms with E-state index < -0.39 is 0 Å². The lowest BCUT2D eigenvalue weighted by Gasteiger charge is -2.14. The minimum Gasteiger partial charge on any atom is -0.493 e. The van der Waals surface area contributed by atoms with Gasteiger partial charge in [-0.05, 0) is 58.3 Å². The van der Waals surface area contributed by atoms with E-state index in [1.807, 2.05) is 66.7 Å². The van der Waals surface area contributed by atoms with Gasteiger partial charge in [-0.25, -0.2) is 0 Å². The normalized spacial score (nSPS) is 14.7. The van der Waals surface area contributed by atoms with Crippen molar-refractivity contribution in [2.45, 2.75) is 6.61 Å². The summed E-state index contributed by atoms with van der Waals surface area (Å²) in [4.78, 5) is 15.1. The van der Waals surface area contributed by atoms with Gasteiger partial charge in [0.2, 0.25) is 0 Å². The summed E-state index contributed by atoms with van der Waals surface area (Å²) in [6.07, 6.45) is 1.83. The largest absolute Gasteiger partial charge is 0.493 e. The van der Waals surface area contributed by atoms with Crippen LogP contribution in [0.3, 0.4) is 0 Å². The van der Waals surface area contributed by atoms with Crippen molar-refractivity contribution < 1.29 is 14.3 Å². The molecule has 0 radical (unpaired) electrons. The third-order valence-electron chi connectivity index (χ3n) is 5.50. The molecule has 34 heavy (non-hydrogen) atoms. The third kappa shape index (κ3) is 4.55. The molecule has 0 saturated carbocycles. The van der Waals surface area contributed by atoms with E-state index in [1.54, 1.807) is 12.0 Å². The van der Waals surface area contributed by atoms with Crippen LogP contribution in [0, 0.1) is 0 Å². The number of anilines is 1. The Hall–Kier alpha value is -3.61. The standard InChI is InChI=1S/C28H21NO3S2/c1-31-25-16-19(17-26-27(30)29(28(33)34-26)23-9-3-2-4-10-23)12-14-24(25)32-18-20-11-13-21-7-5-6-8-22(21)15-20/h2-17H,18H2,1H3/b26-17+. The predicted octanol–water partition coefficient (Wildman–Crippen LogP) is 6.83. The quantitative estimate of drug-likeness (QED) is 0.222. The van der Waals surface area contributed by atoms with Crippen molar-refractivity contribution in [3.63, 3.8) is 0 Å². The SMILES string of the molecule is COc1cc(/C=C2/SC(=S)N(c3ccccc3)C2=O)ccc1OCc1ccc2ccccc2c1. The Morgan fingerprint density at radius 3 is 2.44 bits per heavy atom. The number of amides is 1. The highest BCUT2D eigenvalue weighted by atomic mass is 32.2. The van der Waals surface area contributed by atoms with Crippen molar-refractivity contribution in [3.05, 3.63) is 107 Å². The number of thioether (sulfide) groups is 1. The Kier molecular flexibility index (Phi) is 6.34. The van der Waals surface area contributed by atoms with Gasteiger partial charge in [0.15, 0.2) is 15.8 Å². The second kappa shape index (κ2) is 9.71. The van der Waals surface area contributed by atoms with E-state index in [0.29, 0.717) is 27.3 Å². The number of hydrogen-bond acceptors (Lipinski definition) is 5. The molecule has 6 heteroatoms. The number of thiocarbonyl (C=S) groups is 1. The van der Waals surface area contributed by atoms with Crippen LogP contribution in [0.2, 0.25) is 0 Å². The van der Waals surface area contributed by atoms with Gasteiger partial charge >= 0.3 is 0 Å². The highest BCUT2D eigenvalue weighted by Gasteiger charge is 2.33. The topological polar surface area (TPSA) is 38.8 Å². The lowest BCUT2D eigenvalue weighted by Crippen LogP contribution is -2.27. The average molecular weight is 484 g/mol. The number of fused-ring (bicyclic) bond motifs is 1. The Labute approximate surface area is 207 Å². The Balaban J connectivity index is 1.34. The van der Waals surface area contributed by atoms with Crippen LogP contribution in [-0.4, -0.2) is 17.3 Å². The summed E-state index contributed by atoms with van der Waals surface area (Å²) in [5, 5.41) is 2.38. The van der Waals surface area contributed by atoms with Gasteiger partial charge in [-0.3, -0.25) is 9.69 Å². The minimum absolute atomic E-state index is 0.128. The third-order valence-corrected chi connectivity index (χ3v) is 6.80. The predicted molar refractivity (Wildman–Crippen MR) is 143 cm³/mol. The van der Waals surface area contributed by atoms with Gasteiger partial charge in [0.1, 0.15) is 6.61 Å². The maximum atomic E-state index is 13.0. The number of ether oxygens (including phenoxy) is 2. The van der Waals surface area contributed by atoms with Gasteiger partial charge in [0, 0.05) is 0 Å². The zero-order chi connectivity index (χ0) is 23.5. The Bertz CT molecular complexity index is 1420. The molecule has 0 aliphatic carbocycles. The van der Waals surface area contributed by atoms with E-state index in [2.05, 4.69) is 30.3 Å². The summed E-state index contributed by atoms with van der Waals surface area (Å²) < 4.78 is 12.1. The number of para-hydroxylation sites is 1. The first-order chi connectivity index (χ1) is 16.6.